The minimum atomic E-state index is 0.834. The minimum absolute atomic E-state index is 0.834. The smallest absolute Gasteiger partial charge is 0.109 e. The Balaban J connectivity index is 1.65. The largest absolute Gasteiger partial charge is 0.338 e. The lowest BCUT2D eigenvalue weighted by Gasteiger charge is -2.21. The number of rotatable bonds is 8. The van der Waals surface area contributed by atoms with E-state index < -0.39 is 0 Å². The number of imidazole rings is 1. The summed E-state index contributed by atoms with van der Waals surface area (Å²) in [4.78, 5) is 9.63. The van der Waals surface area contributed by atoms with Gasteiger partial charge in [-0.05, 0) is 45.4 Å². The van der Waals surface area contributed by atoms with Crippen molar-refractivity contribution in [3.63, 3.8) is 0 Å². The summed E-state index contributed by atoms with van der Waals surface area (Å²) in [5.74, 6) is 1.19. The van der Waals surface area contributed by atoms with Crippen LogP contribution in [0.15, 0.2) is 12.4 Å². The van der Waals surface area contributed by atoms with E-state index in [4.69, 9.17) is 5.73 Å². The average Bonchev–Trinajstić information content (AvgIpc) is 2.76. The van der Waals surface area contributed by atoms with Crippen LogP contribution in [0.4, 0.5) is 0 Å². The number of nitrogens with zero attached hydrogens (tertiary/aromatic N) is 4. The predicted molar refractivity (Wildman–Crippen MR) is 87.3 cm³/mol. The molecule has 1 aromatic heterocycles. The third kappa shape index (κ3) is 5.77. The molecule has 1 aliphatic rings. The van der Waals surface area contributed by atoms with Gasteiger partial charge in [0.05, 0.1) is 0 Å². The van der Waals surface area contributed by atoms with Gasteiger partial charge in [-0.1, -0.05) is 6.42 Å². The molecule has 0 aromatic carbocycles. The van der Waals surface area contributed by atoms with E-state index in [-0.39, 0.29) is 0 Å². The highest BCUT2D eigenvalue weighted by Gasteiger charge is 2.14. The maximum atomic E-state index is 5.55. The molecule has 0 bridgehead atoms. The fourth-order valence-electron chi connectivity index (χ4n) is 3.02. The molecule has 1 saturated heterocycles. The van der Waals surface area contributed by atoms with Gasteiger partial charge in [0.25, 0.3) is 0 Å². The van der Waals surface area contributed by atoms with Gasteiger partial charge in [-0.15, -0.1) is 0 Å². The van der Waals surface area contributed by atoms with Crippen molar-refractivity contribution in [3.8, 4) is 0 Å². The molecule has 0 spiro atoms. The molecule has 120 valence electrons. The number of unbranched alkanes of at least 4 members (excludes halogenated alkanes) is 2. The van der Waals surface area contributed by atoms with Gasteiger partial charge < -0.3 is 20.1 Å². The van der Waals surface area contributed by atoms with Crippen LogP contribution in [0.5, 0.6) is 0 Å². The lowest BCUT2D eigenvalue weighted by Crippen LogP contribution is -2.32. The fourth-order valence-corrected chi connectivity index (χ4v) is 3.02. The average molecular weight is 293 g/mol. The van der Waals surface area contributed by atoms with E-state index in [2.05, 4.69) is 26.4 Å². The second-order valence-electron chi connectivity index (χ2n) is 6.09. The first-order chi connectivity index (χ1) is 10.3. The van der Waals surface area contributed by atoms with E-state index in [0.29, 0.717) is 0 Å². The molecule has 0 aliphatic carbocycles. The van der Waals surface area contributed by atoms with Crippen molar-refractivity contribution in [3.05, 3.63) is 18.2 Å². The predicted octanol–water partition coefficient (Wildman–Crippen LogP) is 1.10. The monoisotopic (exact) mass is 293 g/mol. The van der Waals surface area contributed by atoms with Crippen molar-refractivity contribution in [1.82, 2.24) is 19.4 Å². The Kier molecular flexibility index (Phi) is 7.19. The molecule has 21 heavy (non-hydrogen) atoms. The summed E-state index contributed by atoms with van der Waals surface area (Å²) in [5.41, 5.74) is 5.55. The molecule has 2 rings (SSSR count). The zero-order chi connectivity index (χ0) is 14.9. The Morgan fingerprint density at radius 2 is 1.81 bits per heavy atom. The number of aryl methyl sites for hydroxylation is 1. The highest BCUT2D eigenvalue weighted by molar-refractivity contribution is 4.92. The summed E-state index contributed by atoms with van der Waals surface area (Å²) in [6.45, 7) is 8.09. The molecule has 0 saturated carbocycles. The second kappa shape index (κ2) is 9.18. The van der Waals surface area contributed by atoms with E-state index >= 15 is 0 Å². The Bertz CT molecular complexity index is 390. The van der Waals surface area contributed by atoms with E-state index in [1.807, 2.05) is 12.4 Å². The van der Waals surface area contributed by atoms with Crippen molar-refractivity contribution < 1.29 is 0 Å². The van der Waals surface area contributed by atoms with E-state index in [9.17, 15) is 0 Å². The molecular formula is C16H31N5. The number of nitrogens with two attached hydrogens (primary N) is 1. The van der Waals surface area contributed by atoms with E-state index in [1.54, 1.807) is 0 Å². The molecule has 2 heterocycles. The van der Waals surface area contributed by atoms with Crippen LogP contribution < -0.4 is 5.73 Å². The normalized spacial score (nSPS) is 18.0. The summed E-state index contributed by atoms with van der Waals surface area (Å²) in [6, 6.07) is 0. The van der Waals surface area contributed by atoms with Gasteiger partial charge in [0.1, 0.15) is 5.82 Å². The van der Waals surface area contributed by atoms with Crippen LogP contribution in [-0.4, -0.2) is 65.2 Å². The van der Waals surface area contributed by atoms with Crippen LogP contribution >= 0.6 is 0 Å². The highest BCUT2D eigenvalue weighted by atomic mass is 15.2. The molecular weight excluding hydrogens is 262 g/mol. The van der Waals surface area contributed by atoms with Crippen molar-refractivity contribution in [2.45, 2.75) is 32.1 Å². The Labute approximate surface area is 129 Å². The lowest BCUT2D eigenvalue weighted by atomic mass is 10.2. The van der Waals surface area contributed by atoms with Gasteiger partial charge in [-0.3, -0.25) is 0 Å². The molecule has 5 heteroatoms. The van der Waals surface area contributed by atoms with Crippen molar-refractivity contribution >= 4 is 0 Å². The van der Waals surface area contributed by atoms with Crippen LogP contribution in [0.25, 0.3) is 0 Å². The quantitative estimate of drug-likeness (QED) is 0.729. The molecule has 1 fully saturated rings. The van der Waals surface area contributed by atoms with E-state index in [0.717, 1.165) is 19.5 Å². The molecule has 1 aromatic rings. The summed E-state index contributed by atoms with van der Waals surface area (Å²) < 4.78 is 2.13. The Hall–Kier alpha value is -0.910. The first-order valence-electron chi connectivity index (χ1n) is 8.40. The number of hydrogen-bond acceptors (Lipinski definition) is 4. The minimum Gasteiger partial charge on any atom is -0.338 e. The SMILES string of the molecule is Cn1ccnc1CCN1CCCN(CCCCCN)CC1. The summed E-state index contributed by atoms with van der Waals surface area (Å²) in [7, 11) is 2.08. The third-order valence-corrected chi connectivity index (χ3v) is 4.43. The van der Waals surface area contributed by atoms with Gasteiger partial charge in [-0.25, -0.2) is 4.98 Å². The molecule has 0 unspecified atom stereocenters. The van der Waals surface area contributed by atoms with E-state index in [1.165, 1.54) is 64.2 Å². The van der Waals surface area contributed by atoms with Crippen LogP contribution in [0, 0.1) is 0 Å². The van der Waals surface area contributed by atoms with Gasteiger partial charge >= 0.3 is 0 Å². The summed E-state index contributed by atoms with van der Waals surface area (Å²) >= 11 is 0. The summed E-state index contributed by atoms with van der Waals surface area (Å²) in [5, 5.41) is 0. The van der Waals surface area contributed by atoms with Crippen molar-refractivity contribution in [2.75, 3.05) is 45.8 Å². The number of aromatic nitrogens is 2. The first kappa shape index (κ1) is 16.5. The standard InChI is InChI=1S/C16H31N5/c1-19-13-8-18-16(19)6-12-21-11-5-10-20(14-15-21)9-4-2-3-7-17/h8,13H,2-7,9-12,14-15,17H2,1H3. The van der Waals surface area contributed by atoms with Crippen LogP contribution in [0.1, 0.15) is 31.5 Å². The maximum absolute atomic E-state index is 5.55. The highest BCUT2D eigenvalue weighted by Crippen LogP contribution is 2.07. The summed E-state index contributed by atoms with van der Waals surface area (Å²) in [6.07, 6.45) is 10.0. The molecule has 0 amide bonds. The van der Waals surface area contributed by atoms with Crippen LogP contribution in [0.3, 0.4) is 0 Å². The number of hydrogen-bond donors (Lipinski definition) is 1. The molecule has 0 atom stereocenters. The van der Waals surface area contributed by atoms with Crippen LogP contribution in [0.2, 0.25) is 0 Å². The van der Waals surface area contributed by atoms with Crippen molar-refractivity contribution in [1.29, 1.82) is 0 Å². The zero-order valence-corrected chi connectivity index (χ0v) is 13.5. The second-order valence-corrected chi connectivity index (χ2v) is 6.09. The molecule has 0 radical (unpaired) electrons. The fraction of sp³-hybridized carbons (Fsp3) is 0.812. The third-order valence-electron chi connectivity index (χ3n) is 4.43. The van der Waals surface area contributed by atoms with Gasteiger partial charge in [0.2, 0.25) is 0 Å². The van der Waals surface area contributed by atoms with Gasteiger partial charge in [0, 0.05) is 45.5 Å². The Morgan fingerprint density at radius 1 is 1.05 bits per heavy atom. The topological polar surface area (TPSA) is 50.3 Å². The zero-order valence-electron chi connectivity index (χ0n) is 13.5. The lowest BCUT2D eigenvalue weighted by molar-refractivity contribution is 0.253. The maximum Gasteiger partial charge on any atom is 0.109 e. The van der Waals surface area contributed by atoms with Crippen LogP contribution in [-0.2, 0) is 13.5 Å². The molecule has 2 N–H and O–H groups in total. The van der Waals surface area contributed by atoms with Gasteiger partial charge in [-0.2, -0.15) is 0 Å². The molecule has 1 aliphatic heterocycles. The Morgan fingerprint density at radius 3 is 2.48 bits per heavy atom. The molecule has 5 nitrogen and oxygen atoms in total. The van der Waals surface area contributed by atoms with Crippen molar-refractivity contribution in [2.24, 2.45) is 12.8 Å². The van der Waals surface area contributed by atoms with Gasteiger partial charge in [0.15, 0.2) is 0 Å². The first-order valence-corrected chi connectivity index (χ1v) is 8.40.